The second kappa shape index (κ2) is 7.67. The number of methoxy groups -OCH3 is 2. The highest BCUT2D eigenvalue weighted by Crippen LogP contribution is 2.30. The molecule has 0 fully saturated rings. The lowest BCUT2D eigenvalue weighted by Crippen LogP contribution is -2.42. The first kappa shape index (κ1) is 17.8. The SMILES string of the molecule is COCCN(C(C)COC)S(=O)(=O)c1sc(Cl)nc1C. The molecule has 0 bridgehead atoms. The van der Waals surface area contributed by atoms with Crippen molar-refractivity contribution < 1.29 is 17.9 Å². The van der Waals surface area contributed by atoms with Gasteiger partial charge in [-0.25, -0.2) is 13.4 Å². The van der Waals surface area contributed by atoms with Crippen molar-refractivity contribution in [3.8, 4) is 0 Å². The summed E-state index contributed by atoms with van der Waals surface area (Å²) in [6.45, 7) is 4.27. The van der Waals surface area contributed by atoms with Crippen molar-refractivity contribution in [2.45, 2.75) is 24.1 Å². The van der Waals surface area contributed by atoms with Crippen LogP contribution in [0.3, 0.4) is 0 Å². The molecule has 116 valence electrons. The molecule has 0 saturated heterocycles. The largest absolute Gasteiger partial charge is 0.383 e. The van der Waals surface area contributed by atoms with E-state index in [2.05, 4.69) is 4.98 Å². The summed E-state index contributed by atoms with van der Waals surface area (Å²) in [6.07, 6.45) is 0. The lowest BCUT2D eigenvalue weighted by Gasteiger charge is -2.27. The topological polar surface area (TPSA) is 68.7 Å². The highest BCUT2D eigenvalue weighted by molar-refractivity contribution is 7.91. The third-order valence-corrected chi connectivity index (χ3v) is 6.55. The molecule has 6 nitrogen and oxygen atoms in total. The Morgan fingerprint density at radius 2 is 2.05 bits per heavy atom. The zero-order chi connectivity index (χ0) is 15.3. The Morgan fingerprint density at radius 1 is 1.40 bits per heavy atom. The van der Waals surface area contributed by atoms with Crippen LogP contribution in [0.1, 0.15) is 12.6 Å². The maximum absolute atomic E-state index is 12.7. The lowest BCUT2D eigenvalue weighted by atomic mass is 10.3. The molecule has 0 aliphatic heterocycles. The van der Waals surface area contributed by atoms with E-state index in [1.807, 2.05) is 0 Å². The summed E-state index contributed by atoms with van der Waals surface area (Å²) in [5.41, 5.74) is 0.409. The molecule has 9 heteroatoms. The van der Waals surface area contributed by atoms with E-state index in [9.17, 15) is 8.42 Å². The van der Waals surface area contributed by atoms with Gasteiger partial charge in [-0.05, 0) is 13.8 Å². The van der Waals surface area contributed by atoms with Gasteiger partial charge in [-0.15, -0.1) is 0 Å². The maximum atomic E-state index is 12.7. The van der Waals surface area contributed by atoms with Crippen LogP contribution in [0, 0.1) is 6.92 Å². The Morgan fingerprint density at radius 3 is 2.50 bits per heavy atom. The van der Waals surface area contributed by atoms with Gasteiger partial charge in [0.1, 0.15) is 0 Å². The molecule has 0 aromatic carbocycles. The molecule has 0 saturated carbocycles. The number of thiazole rings is 1. The number of aromatic nitrogens is 1. The smallest absolute Gasteiger partial charge is 0.254 e. The molecule has 0 amide bonds. The molecule has 0 radical (unpaired) electrons. The Hall–Kier alpha value is -0.250. The van der Waals surface area contributed by atoms with Gasteiger partial charge >= 0.3 is 0 Å². The zero-order valence-corrected chi connectivity index (χ0v) is 14.3. The first-order valence-electron chi connectivity index (χ1n) is 5.97. The minimum absolute atomic E-state index is 0.168. The Labute approximate surface area is 128 Å². The van der Waals surface area contributed by atoms with E-state index in [1.165, 1.54) is 18.5 Å². The highest BCUT2D eigenvalue weighted by Gasteiger charge is 2.32. The summed E-state index contributed by atoms with van der Waals surface area (Å²) >= 11 is 6.76. The van der Waals surface area contributed by atoms with E-state index in [0.717, 1.165) is 11.3 Å². The molecule has 0 aliphatic carbocycles. The van der Waals surface area contributed by atoms with Gasteiger partial charge in [-0.2, -0.15) is 4.31 Å². The maximum Gasteiger partial charge on any atom is 0.254 e. The van der Waals surface area contributed by atoms with Gasteiger partial charge in [-0.1, -0.05) is 22.9 Å². The van der Waals surface area contributed by atoms with E-state index in [0.29, 0.717) is 18.9 Å². The summed E-state index contributed by atoms with van der Waals surface area (Å²) in [7, 11) is -0.597. The van der Waals surface area contributed by atoms with E-state index < -0.39 is 10.0 Å². The Kier molecular flexibility index (Phi) is 6.83. The average Bonchev–Trinajstić information content (AvgIpc) is 2.69. The first-order valence-corrected chi connectivity index (χ1v) is 8.60. The zero-order valence-electron chi connectivity index (χ0n) is 11.9. The molecule has 1 unspecified atom stereocenters. The van der Waals surface area contributed by atoms with Gasteiger partial charge in [-0.3, -0.25) is 0 Å². The quantitative estimate of drug-likeness (QED) is 0.720. The molecule has 1 heterocycles. The number of hydrogen-bond donors (Lipinski definition) is 0. The fourth-order valence-corrected chi connectivity index (χ4v) is 5.23. The molecule has 20 heavy (non-hydrogen) atoms. The second-order valence-electron chi connectivity index (χ2n) is 4.25. The standard InChI is InChI=1S/C11H19ClN2O4S2/c1-8(7-18-4)14(5-6-17-3)20(15,16)10-9(2)13-11(12)19-10/h8H,5-7H2,1-4H3. The number of ether oxygens (including phenoxy) is 2. The van der Waals surface area contributed by atoms with Crippen LogP contribution in [0.15, 0.2) is 4.21 Å². The first-order chi connectivity index (χ1) is 9.34. The summed E-state index contributed by atoms with van der Waals surface area (Å²) < 4.78 is 37.2. The van der Waals surface area contributed by atoms with E-state index in [-0.39, 0.29) is 21.3 Å². The van der Waals surface area contributed by atoms with Crippen LogP contribution in [0.5, 0.6) is 0 Å². The third-order valence-electron chi connectivity index (χ3n) is 2.69. The van der Waals surface area contributed by atoms with Crippen molar-refractivity contribution >= 4 is 33.0 Å². The van der Waals surface area contributed by atoms with Crippen LogP contribution in [0.2, 0.25) is 4.47 Å². The number of hydrogen-bond acceptors (Lipinski definition) is 6. The van der Waals surface area contributed by atoms with Crippen molar-refractivity contribution in [2.24, 2.45) is 0 Å². The lowest BCUT2D eigenvalue weighted by molar-refractivity contribution is 0.119. The second-order valence-corrected chi connectivity index (χ2v) is 7.92. The summed E-state index contributed by atoms with van der Waals surface area (Å²) in [5.74, 6) is 0. The molecule has 1 aromatic rings. The Bertz CT molecular complexity index is 533. The third kappa shape index (κ3) is 4.12. The fourth-order valence-electron chi connectivity index (χ4n) is 1.78. The van der Waals surface area contributed by atoms with Gasteiger partial charge in [0.15, 0.2) is 8.68 Å². The minimum Gasteiger partial charge on any atom is -0.383 e. The molecular weight excluding hydrogens is 324 g/mol. The minimum atomic E-state index is -3.66. The highest BCUT2D eigenvalue weighted by atomic mass is 35.5. The number of rotatable bonds is 8. The van der Waals surface area contributed by atoms with E-state index in [1.54, 1.807) is 13.8 Å². The monoisotopic (exact) mass is 342 g/mol. The molecule has 1 rings (SSSR count). The van der Waals surface area contributed by atoms with Crippen molar-refractivity contribution in [1.29, 1.82) is 0 Å². The van der Waals surface area contributed by atoms with Crippen LogP contribution in [-0.4, -0.2) is 57.7 Å². The van der Waals surface area contributed by atoms with E-state index >= 15 is 0 Å². The molecule has 1 aromatic heterocycles. The van der Waals surface area contributed by atoms with Crippen LogP contribution < -0.4 is 0 Å². The molecular formula is C11H19ClN2O4S2. The average molecular weight is 343 g/mol. The van der Waals surface area contributed by atoms with Gasteiger partial charge < -0.3 is 9.47 Å². The van der Waals surface area contributed by atoms with Crippen molar-refractivity contribution in [3.63, 3.8) is 0 Å². The van der Waals surface area contributed by atoms with Crippen molar-refractivity contribution in [1.82, 2.24) is 9.29 Å². The van der Waals surface area contributed by atoms with Crippen molar-refractivity contribution in [2.75, 3.05) is 34.0 Å². The molecule has 0 N–H and O–H groups in total. The van der Waals surface area contributed by atoms with Crippen molar-refractivity contribution in [3.05, 3.63) is 10.2 Å². The summed E-state index contributed by atoms with van der Waals surface area (Å²) in [6, 6.07) is -0.305. The number of aryl methyl sites for hydroxylation is 1. The van der Waals surface area contributed by atoms with Gasteiger partial charge in [0.2, 0.25) is 0 Å². The predicted molar refractivity (Wildman–Crippen MR) is 79.0 cm³/mol. The Balaban J connectivity index is 3.13. The molecule has 0 spiro atoms. The van der Waals surface area contributed by atoms with Gasteiger partial charge in [0.05, 0.1) is 18.9 Å². The fraction of sp³-hybridized carbons (Fsp3) is 0.727. The summed E-state index contributed by atoms with van der Waals surface area (Å²) in [5, 5.41) is 0. The van der Waals surface area contributed by atoms with Gasteiger partial charge in [0, 0.05) is 26.8 Å². The van der Waals surface area contributed by atoms with Crippen LogP contribution in [0.4, 0.5) is 0 Å². The normalized spacial score (nSPS) is 13.9. The van der Waals surface area contributed by atoms with Crippen LogP contribution in [0.25, 0.3) is 0 Å². The number of sulfonamides is 1. The molecule has 0 aliphatic rings. The molecule has 1 atom stereocenters. The van der Waals surface area contributed by atoms with Crippen LogP contribution in [-0.2, 0) is 19.5 Å². The van der Waals surface area contributed by atoms with Crippen LogP contribution >= 0.6 is 22.9 Å². The summed E-state index contributed by atoms with van der Waals surface area (Å²) in [4.78, 5) is 3.96. The number of halogens is 1. The van der Waals surface area contributed by atoms with Gasteiger partial charge in [0.25, 0.3) is 10.0 Å². The number of nitrogens with zero attached hydrogens (tertiary/aromatic N) is 2. The predicted octanol–water partition coefficient (Wildman–Crippen LogP) is 1.78. The van der Waals surface area contributed by atoms with E-state index in [4.69, 9.17) is 21.1 Å².